The normalized spacial score (nSPS) is 18.3. The van der Waals surface area contributed by atoms with Crippen LogP contribution in [0.1, 0.15) is 50.8 Å². The van der Waals surface area contributed by atoms with Gasteiger partial charge in [-0.1, -0.05) is 25.5 Å². The fourth-order valence-corrected chi connectivity index (χ4v) is 3.55. The van der Waals surface area contributed by atoms with Crippen molar-refractivity contribution in [3.05, 3.63) is 71.0 Å². The first-order chi connectivity index (χ1) is 14.3. The summed E-state index contributed by atoms with van der Waals surface area (Å²) in [7, 11) is 0. The molecule has 0 saturated carbocycles. The van der Waals surface area contributed by atoms with Crippen LogP contribution in [0, 0.1) is 5.82 Å². The number of rotatable bonds is 7. The minimum atomic E-state index is -0.736. The molecule has 1 aliphatic heterocycles. The van der Waals surface area contributed by atoms with Gasteiger partial charge >= 0.3 is 0 Å². The number of ketones is 1. The zero-order valence-electron chi connectivity index (χ0n) is 17.4. The van der Waals surface area contributed by atoms with Crippen LogP contribution >= 0.6 is 0 Å². The largest absolute Gasteiger partial charge is 0.507 e. The van der Waals surface area contributed by atoms with E-state index in [0.717, 1.165) is 12.8 Å². The van der Waals surface area contributed by atoms with Gasteiger partial charge in [-0.05, 0) is 62.2 Å². The van der Waals surface area contributed by atoms with E-state index in [1.807, 2.05) is 20.8 Å². The first-order valence-electron chi connectivity index (χ1n) is 10.1. The zero-order valence-corrected chi connectivity index (χ0v) is 17.4. The van der Waals surface area contributed by atoms with Crippen LogP contribution in [0.25, 0.3) is 5.76 Å². The predicted molar refractivity (Wildman–Crippen MR) is 113 cm³/mol. The lowest BCUT2D eigenvalue weighted by Gasteiger charge is -2.25. The van der Waals surface area contributed by atoms with Crippen molar-refractivity contribution in [1.29, 1.82) is 0 Å². The van der Waals surface area contributed by atoms with Gasteiger partial charge in [0.1, 0.15) is 17.3 Å². The Hall–Kier alpha value is -3.15. The van der Waals surface area contributed by atoms with Crippen LogP contribution in [-0.4, -0.2) is 34.3 Å². The molecular weight excluding hydrogens is 385 g/mol. The molecule has 1 heterocycles. The Morgan fingerprint density at radius 1 is 1.10 bits per heavy atom. The predicted octanol–water partition coefficient (Wildman–Crippen LogP) is 4.83. The van der Waals surface area contributed by atoms with E-state index in [4.69, 9.17) is 4.74 Å². The van der Waals surface area contributed by atoms with Gasteiger partial charge in [0.2, 0.25) is 0 Å². The minimum Gasteiger partial charge on any atom is -0.507 e. The van der Waals surface area contributed by atoms with Crippen molar-refractivity contribution in [2.45, 2.75) is 45.8 Å². The third-order valence-electron chi connectivity index (χ3n) is 4.98. The number of Topliss-reactive ketones (excluding diaryl/α,β-unsaturated/α-hetero) is 1. The molecule has 1 unspecified atom stereocenters. The summed E-state index contributed by atoms with van der Waals surface area (Å²) in [4.78, 5) is 27.1. The van der Waals surface area contributed by atoms with E-state index in [-0.39, 0.29) is 23.0 Å². The molecule has 158 valence electrons. The highest BCUT2D eigenvalue weighted by molar-refractivity contribution is 6.46. The number of aliphatic hydroxyl groups is 1. The third-order valence-corrected chi connectivity index (χ3v) is 4.98. The molecule has 0 spiro atoms. The van der Waals surface area contributed by atoms with E-state index in [1.54, 1.807) is 24.3 Å². The summed E-state index contributed by atoms with van der Waals surface area (Å²) in [5.74, 6) is -1.45. The average Bonchev–Trinajstić information content (AvgIpc) is 2.97. The molecular formula is C24H26FNO4. The molecule has 6 heteroatoms. The molecule has 1 fully saturated rings. The lowest BCUT2D eigenvalue weighted by atomic mass is 9.95. The Morgan fingerprint density at radius 2 is 1.73 bits per heavy atom. The fraction of sp³-hybridized carbons (Fsp3) is 0.333. The monoisotopic (exact) mass is 411 g/mol. The van der Waals surface area contributed by atoms with E-state index >= 15 is 0 Å². The Kier molecular flexibility index (Phi) is 6.55. The van der Waals surface area contributed by atoms with Crippen molar-refractivity contribution in [3.8, 4) is 5.75 Å². The maximum atomic E-state index is 13.3. The molecule has 0 radical (unpaired) electrons. The summed E-state index contributed by atoms with van der Waals surface area (Å²) in [6.45, 7) is 6.25. The molecule has 30 heavy (non-hydrogen) atoms. The van der Waals surface area contributed by atoms with Crippen molar-refractivity contribution in [1.82, 2.24) is 4.90 Å². The smallest absolute Gasteiger partial charge is 0.295 e. The maximum absolute atomic E-state index is 13.3. The number of benzene rings is 2. The summed E-state index contributed by atoms with van der Waals surface area (Å²) in [6, 6.07) is 11.6. The molecule has 1 atom stereocenters. The highest BCUT2D eigenvalue weighted by atomic mass is 19.1. The highest BCUT2D eigenvalue weighted by Gasteiger charge is 2.45. The van der Waals surface area contributed by atoms with E-state index < -0.39 is 23.5 Å². The van der Waals surface area contributed by atoms with Crippen molar-refractivity contribution in [2.24, 2.45) is 0 Å². The molecule has 2 aromatic carbocycles. The molecule has 0 aromatic heterocycles. The molecule has 0 bridgehead atoms. The molecule has 5 nitrogen and oxygen atoms in total. The first-order valence-corrected chi connectivity index (χ1v) is 10.1. The van der Waals surface area contributed by atoms with Gasteiger partial charge in [-0.15, -0.1) is 0 Å². The number of halogens is 1. The second kappa shape index (κ2) is 9.11. The van der Waals surface area contributed by atoms with Crippen LogP contribution in [0.3, 0.4) is 0 Å². The number of unbranched alkanes of at least 4 members (excludes halogenated alkanes) is 1. The molecule has 2 aromatic rings. The van der Waals surface area contributed by atoms with Crippen molar-refractivity contribution < 1.29 is 23.8 Å². The summed E-state index contributed by atoms with van der Waals surface area (Å²) in [5.41, 5.74) is 1.000. The number of ether oxygens (including phenoxy) is 1. The van der Waals surface area contributed by atoms with E-state index in [1.165, 1.54) is 29.2 Å². The number of hydrogen-bond acceptors (Lipinski definition) is 4. The topological polar surface area (TPSA) is 66.8 Å². The van der Waals surface area contributed by atoms with Crippen LogP contribution in [0.5, 0.6) is 5.75 Å². The average molecular weight is 411 g/mol. The lowest BCUT2D eigenvalue weighted by Crippen LogP contribution is -2.30. The molecule has 1 amide bonds. The molecule has 1 N–H and O–H groups in total. The number of amides is 1. The van der Waals surface area contributed by atoms with Gasteiger partial charge in [0.05, 0.1) is 17.7 Å². The van der Waals surface area contributed by atoms with E-state index in [2.05, 4.69) is 0 Å². The second-order valence-corrected chi connectivity index (χ2v) is 7.59. The van der Waals surface area contributed by atoms with Crippen LogP contribution in [-0.2, 0) is 9.59 Å². The summed E-state index contributed by atoms with van der Waals surface area (Å²) in [5, 5.41) is 10.9. The lowest BCUT2D eigenvalue weighted by molar-refractivity contribution is -0.139. The summed E-state index contributed by atoms with van der Waals surface area (Å²) >= 11 is 0. The van der Waals surface area contributed by atoms with Crippen molar-refractivity contribution in [2.75, 3.05) is 6.54 Å². The maximum Gasteiger partial charge on any atom is 0.295 e. The highest BCUT2D eigenvalue weighted by Crippen LogP contribution is 2.40. The summed E-state index contributed by atoms with van der Waals surface area (Å²) < 4.78 is 19.0. The van der Waals surface area contributed by atoms with E-state index in [9.17, 15) is 19.1 Å². The third kappa shape index (κ3) is 4.37. The van der Waals surface area contributed by atoms with Gasteiger partial charge < -0.3 is 14.7 Å². The molecule has 0 aliphatic carbocycles. The van der Waals surface area contributed by atoms with Gasteiger partial charge in [-0.3, -0.25) is 9.59 Å². The van der Waals surface area contributed by atoms with Gasteiger partial charge in [-0.25, -0.2) is 4.39 Å². The number of aliphatic hydroxyl groups excluding tert-OH is 1. The Morgan fingerprint density at radius 3 is 2.30 bits per heavy atom. The molecule has 1 aliphatic rings. The second-order valence-electron chi connectivity index (χ2n) is 7.59. The van der Waals surface area contributed by atoms with Gasteiger partial charge in [0.25, 0.3) is 11.7 Å². The van der Waals surface area contributed by atoms with Gasteiger partial charge in [-0.2, -0.15) is 0 Å². The number of nitrogens with zero attached hydrogens (tertiary/aromatic N) is 1. The number of carbonyl (C=O) groups excluding carboxylic acids is 2. The SMILES string of the molecule is CCCCN1C(=O)C(=O)/C(=C(\O)c2ccc(F)cc2)C1c1ccc(OC(C)C)cc1. The minimum absolute atomic E-state index is 0.0141. The van der Waals surface area contributed by atoms with Crippen LogP contribution in [0.15, 0.2) is 54.1 Å². The zero-order chi connectivity index (χ0) is 21.8. The van der Waals surface area contributed by atoms with Gasteiger partial charge in [0, 0.05) is 12.1 Å². The van der Waals surface area contributed by atoms with Crippen LogP contribution in [0.4, 0.5) is 4.39 Å². The fourth-order valence-electron chi connectivity index (χ4n) is 3.55. The standard InChI is InChI=1S/C24H26FNO4/c1-4-5-14-26-21(16-8-12-19(13-9-16)30-15(2)3)20(23(28)24(26)29)22(27)17-6-10-18(25)11-7-17/h6-13,15,21,27H,4-5,14H2,1-3H3/b22-20-. The molecule has 3 rings (SSSR count). The Labute approximate surface area is 175 Å². The number of likely N-dealkylation sites (tertiary alicyclic amines) is 1. The van der Waals surface area contributed by atoms with Crippen molar-refractivity contribution in [3.63, 3.8) is 0 Å². The van der Waals surface area contributed by atoms with E-state index in [0.29, 0.717) is 17.9 Å². The van der Waals surface area contributed by atoms with Crippen LogP contribution < -0.4 is 4.74 Å². The molecule has 1 saturated heterocycles. The first kappa shape index (κ1) is 21.6. The quantitative estimate of drug-likeness (QED) is 0.402. The number of hydrogen-bond donors (Lipinski definition) is 1. The number of carbonyl (C=O) groups is 2. The summed E-state index contributed by atoms with van der Waals surface area (Å²) in [6.07, 6.45) is 1.60. The Bertz CT molecular complexity index is 948. The van der Waals surface area contributed by atoms with Crippen molar-refractivity contribution >= 4 is 17.4 Å². The van der Waals surface area contributed by atoms with Gasteiger partial charge in [0.15, 0.2) is 0 Å². The Balaban J connectivity index is 2.08. The van der Waals surface area contributed by atoms with Crippen LogP contribution in [0.2, 0.25) is 0 Å².